The zero-order chi connectivity index (χ0) is 19.0. The number of nitrogens with one attached hydrogen (secondary N) is 2. The number of carbonyl (C=O) groups is 1. The van der Waals surface area contributed by atoms with Gasteiger partial charge in [0.1, 0.15) is 0 Å². The molecule has 0 aliphatic heterocycles. The summed E-state index contributed by atoms with van der Waals surface area (Å²) in [5.74, 6) is 0. The van der Waals surface area contributed by atoms with Crippen LogP contribution < -0.4 is 10.6 Å². The molecule has 4 nitrogen and oxygen atoms in total. The number of rotatable bonds is 9. The fraction of sp³-hybridized carbons (Fsp3) is 0.174. The SMILES string of the molecule is O=CNC(CCO)NC(c1ccccc1)(c1ccccc1)c1ccccc1. The molecule has 138 valence electrons. The Kier molecular flexibility index (Phi) is 6.36. The lowest BCUT2D eigenvalue weighted by molar-refractivity contribution is -0.110. The van der Waals surface area contributed by atoms with Crippen molar-refractivity contribution >= 4 is 6.41 Å². The number of carbonyl (C=O) groups excluding carboxylic acids is 1. The van der Waals surface area contributed by atoms with Gasteiger partial charge in [0.2, 0.25) is 6.41 Å². The normalized spacial score (nSPS) is 12.3. The van der Waals surface area contributed by atoms with Crippen molar-refractivity contribution in [3.8, 4) is 0 Å². The molecule has 3 rings (SSSR count). The molecular weight excluding hydrogens is 336 g/mol. The molecule has 27 heavy (non-hydrogen) atoms. The quantitative estimate of drug-likeness (QED) is 0.312. The van der Waals surface area contributed by atoms with Crippen molar-refractivity contribution in [2.75, 3.05) is 6.61 Å². The van der Waals surface area contributed by atoms with Crippen molar-refractivity contribution in [2.24, 2.45) is 0 Å². The third kappa shape index (κ3) is 4.08. The van der Waals surface area contributed by atoms with Crippen LogP contribution in [0, 0.1) is 0 Å². The van der Waals surface area contributed by atoms with Gasteiger partial charge in [0, 0.05) is 13.0 Å². The molecule has 4 heteroatoms. The van der Waals surface area contributed by atoms with E-state index in [1.807, 2.05) is 54.6 Å². The van der Waals surface area contributed by atoms with Gasteiger partial charge in [-0.15, -0.1) is 0 Å². The van der Waals surface area contributed by atoms with E-state index in [4.69, 9.17) is 0 Å². The molecule has 0 aromatic heterocycles. The standard InChI is InChI=1S/C23H24N2O2/c26-17-16-22(24-18-27)25-23(19-10-4-1-5-11-19,20-12-6-2-7-13-20)21-14-8-3-9-15-21/h1-15,18,22,25-26H,16-17H2,(H,24,27). The van der Waals surface area contributed by atoms with Crippen LogP contribution in [0.1, 0.15) is 23.1 Å². The van der Waals surface area contributed by atoms with Crippen molar-refractivity contribution in [3.05, 3.63) is 108 Å². The highest BCUT2D eigenvalue weighted by atomic mass is 16.3. The number of benzene rings is 3. The van der Waals surface area contributed by atoms with E-state index in [0.29, 0.717) is 12.8 Å². The lowest BCUT2D eigenvalue weighted by atomic mass is 9.76. The van der Waals surface area contributed by atoms with Gasteiger partial charge in [0.15, 0.2) is 0 Å². The lowest BCUT2D eigenvalue weighted by Gasteiger charge is -2.40. The largest absolute Gasteiger partial charge is 0.396 e. The Labute approximate surface area is 159 Å². The van der Waals surface area contributed by atoms with Crippen molar-refractivity contribution in [1.82, 2.24) is 10.6 Å². The van der Waals surface area contributed by atoms with Crippen LogP contribution in [0.5, 0.6) is 0 Å². The van der Waals surface area contributed by atoms with E-state index in [1.165, 1.54) is 0 Å². The molecule has 0 radical (unpaired) electrons. The van der Waals surface area contributed by atoms with E-state index in [2.05, 4.69) is 47.0 Å². The second kappa shape index (κ2) is 9.12. The predicted octanol–water partition coefficient (Wildman–Crippen LogP) is 3.02. The van der Waals surface area contributed by atoms with Gasteiger partial charge in [-0.05, 0) is 16.7 Å². The smallest absolute Gasteiger partial charge is 0.208 e. The van der Waals surface area contributed by atoms with Crippen LogP contribution in [0.2, 0.25) is 0 Å². The molecule has 0 fully saturated rings. The fourth-order valence-corrected chi connectivity index (χ4v) is 3.48. The maximum atomic E-state index is 11.2. The monoisotopic (exact) mass is 360 g/mol. The van der Waals surface area contributed by atoms with Crippen LogP contribution in [0.3, 0.4) is 0 Å². The molecule has 0 saturated heterocycles. The van der Waals surface area contributed by atoms with Crippen LogP contribution in [0.15, 0.2) is 91.0 Å². The Balaban J connectivity index is 2.23. The van der Waals surface area contributed by atoms with Crippen molar-refractivity contribution in [2.45, 2.75) is 18.1 Å². The molecule has 0 bridgehead atoms. The van der Waals surface area contributed by atoms with Crippen LogP contribution >= 0.6 is 0 Å². The van der Waals surface area contributed by atoms with Crippen LogP contribution in [-0.2, 0) is 10.3 Å². The molecule has 1 unspecified atom stereocenters. The molecule has 0 aliphatic carbocycles. The summed E-state index contributed by atoms with van der Waals surface area (Å²) in [6.45, 7) is -0.0348. The first-order valence-corrected chi connectivity index (χ1v) is 9.06. The summed E-state index contributed by atoms with van der Waals surface area (Å²) >= 11 is 0. The molecule has 0 aliphatic rings. The Morgan fingerprint density at radius 3 is 1.52 bits per heavy atom. The van der Waals surface area contributed by atoms with Gasteiger partial charge in [-0.2, -0.15) is 0 Å². The number of aliphatic hydroxyl groups is 1. The van der Waals surface area contributed by atoms with Gasteiger partial charge in [-0.1, -0.05) is 91.0 Å². The van der Waals surface area contributed by atoms with Crippen molar-refractivity contribution < 1.29 is 9.90 Å². The van der Waals surface area contributed by atoms with E-state index in [1.54, 1.807) is 0 Å². The molecule has 3 N–H and O–H groups in total. The maximum Gasteiger partial charge on any atom is 0.208 e. The van der Waals surface area contributed by atoms with Gasteiger partial charge >= 0.3 is 0 Å². The first-order chi connectivity index (χ1) is 13.3. The molecule has 0 heterocycles. The number of hydrogen-bond acceptors (Lipinski definition) is 3. The minimum atomic E-state index is -0.681. The third-order valence-electron chi connectivity index (χ3n) is 4.70. The summed E-state index contributed by atoms with van der Waals surface area (Å²) in [4.78, 5) is 11.2. The minimum absolute atomic E-state index is 0.0348. The lowest BCUT2D eigenvalue weighted by Crippen LogP contribution is -2.55. The summed E-state index contributed by atoms with van der Waals surface area (Å²) in [6, 6.07) is 30.4. The molecular formula is C23H24N2O2. The minimum Gasteiger partial charge on any atom is -0.396 e. The third-order valence-corrected chi connectivity index (χ3v) is 4.70. The summed E-state index contributed by atoms with van der Waals surface area (Å²) in [6.07, 6.45) is 0.666. The number of hydrogen-bond donors (Lipinski definition) is 3. The molecule has 1 atom stereocenters. The zero-order valence-corrected chi connectivity index (χ0v) is 15.1. The Hall–Kier alpha value is -2.95. The highest BCUT2D eigenvalue weighted by molar-refractivity contribution is 5.51. The highest BCUT2D eigenvalue weighted by Gasteiger charge is 2.37. The second-order valence-electron chi connectivity index (χ2n) is 6.34. The molecule has 3 aromatic rings. The van der Waals surface area contributed by atoms with Gasteiger partial charge < -0.3 is 10.4 Å². The zero-order valence-electron chi connectivity index (χ0n) is 15.1. The number of aliphatic hydroxyl groups excluding tert-OH is 1. The van der Waals surface area contributed by atoms with Crippen LogP contribution in [0.25, 0.3) is 0 Å². The van der Waals surface area contributed by atoms with Gasteiger partial charge in [-0.3, -0.25) is 10.1 Å². The molecule has 0 saturated carbocycles. The van der Waals surface area contributed by atoms with E-state index in [-0.39, 0.29) is 6.61 Å². The average Bonchev–Trinajstić information content (AvgIpc) is 2.74. The Morgan fingerprint density at radius 2 is 1.19 bits per heavy atom. The molecule has 0 spiro atoms. The summed E-state index contributed by atoms with van der Waals surface area (Å²) in [5, 5.41) is 15.9. The molecule has 3 aromatic carbocycles. The van der Waals surface area contributed by atoms with Crippen LogP contribution in [0.4, 0.5) is 0 Å². The second-order valence-corrected chi connectivity index (χ2v) is 6.34. The van der Waals surface area contributed by atoms with Gasteiger partial charge in [-0.25, -0.2) is 0 Å². The first-order valence-electron chi connectivity index (χ1n) is 9.06. The average molecular weight is 360 g/mol. The Morgan fingerprint density at radius 1 is 0.778 bits per heavy atom. The predicted molar refractivity (Wildman–Crippen MR) is 107 cm³/mol. The Bertz CT molecular complexity index is 726. The van der Waals surface area contributed by atoms with E-state index in [0.717, 1.165) is 16.7 Å². The van der Waals surface area contributed by atoms with Crippen molar-refractivity contribution in [1.29, 1.82) is 0 Å². The summed E-state index contributed by atoms with van der Waals surface area (Å²) < 4.78 is 0. The van der Waals surface area contributed by atoms with E-state index >= 15 is 0 Å². The van der Waals surface area contributed by atoms with E-state index < -0.39 is 11.7 Å². The number of amides is 1. The first kappa shape index (κ1) is 18.8. The van der Waals surface area contributed by atoms with E-state index in [9.17, 15) is 9.90 Å². The van der Waals surface area contributed by atoms with Gasteiger partial charge in [0.25, 0.3) is 0 Å². The summed E-state index contributed by atoms with van der Waals surface area (Å²) in [5.41, 5.74) is 2.48. The van der Waals surface area contributed by atoms with Crippen LogP contribution in [-0.4, -0.2) is 24.3 Å². The summed E-state index contributed by atoms with van der Waals surface area (Å²) in [7, 11) is 0. The highest BCUT2D eigenvalue weighted by Crippen LogP contribution is 2.37. The fourth-order valence-electron chi connectivity index (χ4n) is 3.48. The van der Waals surface area contributed by atoms with Crippen molar-refractivity contribution in [3.63, 3.8) is 0 Å². The molecule has 1 amide bonds. The topological polar surface area (TPSA) is 61.4 Å². The maximum absolute atomic E-state index is 11.2. The van der Waals surface area contributed by atoms with Gasteiger partial charge in [0.05, 0.1) is 11.7 Å².